The zero-order chi connectivity index (χ0) is 16.2. The number of hydrogen-bond acceptors (Lipinski definition) is 4. The SMILES string of the molecule is CCNC(=O)N(C)c1ccc2c(c1)C(CC1CN=CN1)CCO2. The van der Waals surface area contributed by atoms with Crippen molar-refractivity contribution >= 4 is 18.1 Å². The van der Waals surface area contributed by atoms with Crippen LogP contribution in [0.15, 0.2) is 23.2 Å². The molecule has 1 aromatic carbocycles. The molecule has 2 amide bonds. The average molecular weight is 316 g/mol. The van der Waals surface area contributed by atoms with Crippen LogP contribution in [-0.4, -0.2) is 45.2 Å². The van der Waals surface area contributed by atoms with E-state index in [9.17, 15) is 4.79 Å². The summed E-state index contributed by atoms with van der Waals surface area (Å²) in [5, 5.41) is 6.12. The maximum Gasteiger partial charge on any atom is 0.321 e. The summed E-state index contributed by atoms with van der Waals surface area (Å²) in [6.07, 6.45) is 3.83. The van der Waals surface area contributed by atoms with Gasteiger partial charge in [-0.2, -0.15) is 0 Å². The monoisotopic (exact) mass is 316 g/mol. The first-order chi connectivity index (χ1) is 11.2. The highest BCUT2D eigenvalue weighted by molar-refractivity contribution is 5.91. The van der Waals surface area contributed by atoms with Gasteiger partial charge in [0, 0.05) is 25.3 Å². The largest absolute Gasteiger partial charge is 0.493 e. The van der Waals surface area contributed by atoms with Crippen molar-refractivity contribution in [3.63, 3.8) is 0 Å². The number of nitrogens with zero attached hydrogens (tertiary/aromatic N) is 2. The third-order valence-electron chi connectivity index (χ3n) is 4.47. The number of hydrogen-bond donors (Lipinski definition) is 2. The summed E-state index contributed by atoms with van der Waals surface area (Å²) in [4.78, 5) is 17.9. The molecule has 2 N–H and O–H groups in total. The van der Waals surface area contributed by atoms with Gasteiger partial charge in [-0.25, -0.2) is 4.79 Å². The van der Waals surface area contributed by atoms with Gasteiger partial charge in [0.15, 0.2) is 0 Å². The molecule has 6 nitrogen and oxygen atoms in total. The van der Waals surface area contributed by atoms with Crippen LogP contribution in [0.4, 0.5) is 10.5 Å². The van der Waals surface area contributed by atoms with E-state index in [0.29, 0.717) is 18.5 Å². The van der Waals surface area contributed by atoms with Gasteiger partial charge in [-0.15, -0.1) is 0 Å². The minimum absolute atomic E-state index is 0.0911. The molecule has 0 fully saturated rings. The minimum Gasteiger partial charge on any atom is -0.493 e. The van der Waals surface area contributed by atoms with Gasteiger partial charge in [0.25, 0.3) is 0 Å². The molecule has 0 radical (unpaired) electrons. The smallest absolute Gasteiger partial charge is 0.321 e. The summed E-state index contributed by atoms with van der Waals surface area (Å²) in [7, 11) is 1.79. The molecule has 1 aromatic rings. The summed E-state index contributed by atoms with van der Waals surface area (Å²) in [5.41, 5.74) is 2.08. The molecule has 6 heteroatoms. The second kappa shape index (κ2) is 6.89. The summed E-state index contributed by atoms with van der Waals surface area (Å²) >= 11 is 0. The van der Waals surface area contributed by atoms with Gasteiger partial charge in [0.1, 0.15) is 5.75 Å². The zero-order valence-corrected chi connectivity index (χ0v) is 13.7. The third kappa shape index (κ3) is 3.41. The Kier molecular flexibility index (Phi) is 4.69. The number of rotatable bonds is 4. The van der Waals surface area contributed by atoms with Crippen LogP contribution in [0.2, 0.25) is 0 Å². The number of fused-ring (bicyclic) bond motifs is 1. The molecule has 23 heavy (non-hydrogen) atoms. The second-order valence-electron chi connectivity index (χ2n) is 6.04. The van der Waals surface area contributed by atoms with Crippen LogP contribution in [0.1, 0.15) is 31.2 Å². The second-order valence-corrected chi connectivity index (χ2v) is 6.04. The Hall–Kier alpha value is -2.24. The van der Waals surface area contributed by atoms with Crippen LogP contribution in [0.25, 0.3) is 0 Å². The Labute approximate surface area is 136 Å². The molecule has 0 aliphatic carbocycles. The lowest BCUT2D eigenvalue weighted by Crippen LogP contribution is -2.37. The number of urea groups is 1. The van der Waals surface area contributed by atoms with Crippen LogP contribution in [-0.2, 0) is 0 Å². The van der Waals surface area contributed by atoms with Crippen molar-refractivity contribution in [1.82, 2.24) is 10.6 Å². The quantitative estimate of drug-likeness (QED) is 0.894. The highest BCUT2D eigenvalue weighted by Crippen LogP contribution is 2.38. The lowest BCUT2D eigenvalue weighted by Gasteiger charge is -2.29. The maximum absolute atomic E-state index is 12.0. The predicted molar refractivity (Wildman–Crippen MR) is 91.7 cm³/mol. The molecule has 0 saturated heterocycles. The van der Waals surface area contributed by atoms with E-state index in [2.05, 4.69) is 21.7 Å². The van der Waals surface area contributed by atoms with Gasteiger partial charge < -0.3 is 15.4 Å². The maximum atomic E-state index is 12.0. The van der Waals surface area contributed by atoms with Gasteiger partial charge in [-0.05, 0) is 49.4 Å². The summed E-state index contributed by atoms with van der Waals surface area (Å²) < 4.78 is 5.79. The van der Waals surface area contributed by atoms with Crippen LogP contribution in [0.5, 0.6) is 5.75 Å². The predicted octanol–water partition coefficient (Wildman–Crippen LogP) is 2.11. The molecule has 2 heterocycles. The van der Waals surface area contributed by atoms with Crippen molar-refractivity contribution in [2.45, 2.75) is 31.7 Å². The van der Waals surface area contributed by atoms with Gasteiger partial charge >= 0.3 is 6.03 Å². The van der Waals surface area contributed by atoms with Crippen molar-refractivity contribution in [3.05, 3.63) is 23.8 Å². The summed E-state index contributed by atoms with van der Waals surface area (Å²) in [6, 6.07) is 6.31. The van der Waals surface area contributed by atoms with Crippen molar-refractivity contribution < 1.29 is 9.53 Å². The van der Waals surface area contributed by atoms with E-state index in [0.717, 1.165) is 37.4 Å². The Balaban J connectivity index is 1.79. The minimum atomic E-state index is -0.0911. The van der Waals surface area contributed by atoms with E-state index in [1.807, 2.05) is 19.1 Å². The topological polar surface area (TPSA) is 66.0 Å². The molecule has 0 saturated carbocycles. The van der Waals surface area contributed by atoms with Crippen LogP contribution >= 0.6 is 0 Å². The Bertz CT molecular complexity index is 594. The fraction of sp³-hybridized carbons (Fsp3) is 0.529. The summed E-state index contributed by atoms with van der Waals surface area (Å²) in [6.45, 7) is 4.12. The van der Waals surface area contributed by atoms with Crippen LogP contribution in [0, 0.1) is 0 Å². The number of aliphatic imine (C=N–C) groups is 1. The third-order valence-corrected chi connectivity index (χ3v) is 4.47. The van der Waals surface area contributed by atoms with Gasteiger partial charge in [0.2, 0.25) is 0 Å². The molecular weight excluding hydrogens is 292 g/mol. The normalized spacial score (nSPS) is 22.0. The fourth-order valence-corrected chi connectivity index (χ4v) is 3.17. The van der Waals surface area contributed by atoms with Gasteiger partial charge in [-0.1, -0.05) is 0 Å². The Morgan fingerprint density at radius 2 is 2.39 bits per heavy atom. The van der Waals surface area contributed by atoms with Crippen molar-refractivity contribution in [3.8, 4) is 5.75 Å². The first kappa shape index (κ1) is 15.6. The molecule has 3 rings (SSSR count). The number of carbonyl (C=O) groups excluding carboxylic acids is 1. The lowest BCUT2D eigenvalue weighted by molar-refractivity contribution is 0.247. The van der Waals surface area contributed by atoms with Crippen molar-refractivity contribution in [1.29, 1.82) is 0 Å². The van der Waals surface area contributed by atoms with E-state index >= 15 is 0 Å². The van der Waals surface area contributed by atoms with Crippen molar-refractivity contribution in [2.75, 3.05) is 31.6 Å². The summed E-state index contributed by atoms with van der Waals surface area (Å²) in [5.74, 6) is 1.37. The first-order valence-electron chi connectivity index (χ1n) is 8.21. The molecule has 2 unspecified atom stereocenters. The van der Waals surface area contributed by atoms with Gasteiger partial charge in [-0.3, -0.25) is 9.89 Å². The number of benzene rings is 1. The van der Waals surface area contributed by atoms with Gasteiger partial charge in [0.05, 0.1) is 19.5 Å². The van der Waals surface area contributed by atoms with E-state index < -0.39 is 0 Å². The first-order valence-corrected chi connectivity index (χ1v) is 8.21. The fourth-order valence-electron chi connectivity index (χ4n) is 3.17. The van der Waals surface area contributed by atoms with E-state index in [1.165, 1.54) is 5.56 Å². The van der Waals surface area contributed by atoms with Crippen LogP contribution < -0.4 is 20.3 Å². The number of amides is 2. The van der Waals surface area contributed by atoms with Crippen molar-refractivity contribution in [2.24, 2.45) is 4.99 Å². The molecule has 2 aliphatic heterocycles. The molecule has 0 spiro atoms. The van der Waals surface area contributed by atoms with E-state index in [-0.39, 0.29) is 6.03 Å². The molecule has 0 bridgehead atoms. The van der Waals surface area contributed by atoms with E-state index in [4.69, 9.17) is 4.74 Å². The number of ether oxygens (including phenoxy) is 1. The Morgan fingerprint density at radius 3 is 3.13 bits per heavy atom. The van der Waals surface area contributed by atoms with Crippen LogP contribution in [0.3, 0.4) is 0 Å². The molecule has 2 aliphatic rings. The molecule has 2 atom stereocenters. The number of nitrogens with one attached hydrogen (secondary N) is 2. The zero-order valence-electron chi connectivity index (χ0n) is 13.7. The standard InChI is InChI=1S/C17H24N4O2/c1-3-19-17(22)21(2)14-4-5-16-15(9-14)12(6-7-23-16)8-13-10-18-11-20-13/h4-5,9,11-13H,3,6-8,10H2,1-2H3,(H,18,20)(H,19,22). The average Bonchev–Trinajstić information content (AvgIpc) is 3.07. The number of carbonyl (C=O) groups is 1. The highest BCUT2D eigenvalue weighted by Gasteiger charge is 2.26. The lowest BCUT2D eigenvalue weighted by atomic mass is 9.87. The molecule has 0 aromatic heterocycles. The molecule has 124 valence electrons. The molecular formula is C17H24N4O2. The highest BCUT2D eigenvalue weighted by atomic mass is 16.5. The number of anilines is 1. The van der Waals surface area contributed by atoms with E-state index in [1.54, 1.807) is 18.3 Å². The Morgan fingerprint density at radius 1 is 1.52 bits per heavy atom.